The van der Waals surface area contributed by atoms with Crippen LogP contribution in [0.1, 0.15) is 25.3 Å². The standard InChI is InChI=1S/C13H11Cl3N2S/c1-7(2)11-12(16)17-6-18-13(11)19-8-3-4-9(14)10(15)5-8/h3-7H,1-2H3. The number of rotatable bonds is 3. The molecule has 0 N–H and O–H groups in total. The van der Waals surface area contributed by atoms with Crippen LogP contribution in [0, 0.1) is 0 Å². The average Bonchev–Trinajstić information content (AvgIpc) is 2.33. The van der Waals surface area contributed by atoms with E-state index in [2.05, 4.69) is 23.8 Å². The van der Waals surface area contributed by atoms with Crippen LogP contribution in [0.15, 0.2) is 34.4 Å². The molecule has 0 saturated carbocycles. The van der Waals surface area contributed by atoms with Crippen molar-refractivity contribution in [1.29, 1.82) is 0 Å². The van der Waals surface area contributed by atoms with E-state index < -0.39 is 0 Å². The molecule has 0 aliphatic carbocycles. The predicted molar refractivity (Wildman–Crippen MR) is 81.7 cm³/mol. The van der Waals surface area contributed by atoms with E-state index in [4.69, 9.17) is 34.8 Å². The minimum Gasteiger partial charge on any atom is -0.229 e. The van der Waals surface area contributed by atoms with Crippen LogP contribution < -0.4 is 0 Å². The first-order valence-corrected chi connectivity index (χ1v) is 7.57. The molecule has 2 nitrogen and oxygen atoms in total. The highest BCUT2D eigenvalue weighted by atomic mass is 35.5. The topological polar surface area (TPSA) is 25.8 Å². The van der Waals surface area contributed by atoms with Crippen LogP contribution in [-0.4, -0.2) is 9.97 Å². The summed E-state index contributed by atoms with van der Waals surface area (Å²) in [5.41, 5.74) is 0.945. The van der Waals surface area contributed by atoms with Gasteiger partial charge in [0.25, 0.3) is 0 Å². The molecule has 0 amide bonds. The molecule has 1 aromatic carbocycles. The molecule has 0 unspecified atom stereocenters. The van der Waals surface area contributed by atoms with Crippen LogP contribution in [0.5, 0.6) is 0 Å². The summed E-state index contributed by atoms with van der Waals surface area (Å²) in [5.74, 6) is 0.249. The first-order chi connectivity index (χ1) is 8.99. The zero-order chi connectivity index (χ0) is 14.0. The van der Waals surface area contributed by atoms with Gasteiger partial charge in [0.15, 0.2) is 0 Å². The lowest BCUT2D eigenvalue weighted by atomic mass is 10.1. The molecule has 0 aliphatic heterocycles. The van der Waals surface area contributed by atoms with Gasteiger partial charge in [0.1, 0.15) is 16.5 Å². The number of nitrogens with zero attached hydrogens (tertiary/aromatic N) is 2. The van der Waals surface area contributed by atoms with Gasteiger partial charge in [-0.05, 0) is 24.1 Å². The highest BCUT2D eigenvalue weighted by Gasteiger charge is 2.15. The SMILES string of the molecule is CC(C)c1c(Cl)ncnc1Sc1ccc(Cl)c(Cl)c1. The summed E-state index contributed by atoms with van der Waals surface area (Å²) < 4.78 is 0. The van der Waals surface area contributed by atoms with Crippen molar-refractivity contribution < 1.29 is 0 Å². The van der Waals surface area contributed by atoms with Crippen molar-refractivity contribution in [2.45, 2.75) is 29.7 Å². The number of hydrogen-bond acceptors (Lipinski definition) is 3. The second-order valence-electron chi connectivity index (χ2n) is 4.22. The number of hydrogen-bond donors (Lipinski definition) is 0. The summed E-state index contributed by atoms with van der Waals surface area (Å²) in [6, 6.07) is 5.48. The van der Waals surface area contributed by atoms with E-state index in [1.54, 1.807) is 6.07 Å². The van der Waals surface area contributed by atoms with Crippen LogP contribution in [0.3, 0.4) is 0 Å². The molecule has 6 heteroatoms. The molecule has 0 bridgehead atoms. The number of aromatic nitrogens is 2. The zero-order valence-electron chi connectivity index (χ0n) is 10.3. The molecule has 100 valence electrons. The van der Waals surface area contributed by atoms with E-state index in [0.717, 1.165) is 15.5 Å². The molecule has 1 heterocycles. The summed E-state index contributed by atoms with van der Waals surface area (Å²) in [7, 11) is 0. The number of halogens is 3. The Morgan fingerprint density at radius 3 is 2.42 bits per heavy atom. The normalized spacial score (nSPS) is 11.1. The molecule has 2 aromatic rings. The summed E-state index contributed by atoms with van der Waals surface area (Å²) >= 11 is 19.5. The molecule has 0 fully saturated rings. The van der Waals surface area contributed by atoms with Gasteiger partial charge in [-0.15, -0.1) is 0 Å². The van der Waals surface area contributed by atoms with Gasteiger partial charge in [0.2, 0.25) is 0 Å². The molecule has 19 heavy (non-hydrogen) atoms. The lowest BCUT2D eigenvalue weighted by Gasteiger charge is -2.12. The largest absolute Gasteiger partial charge is 0.229 e. The third-order valence-corrected chi connectivity index (χ3v) is 4.53. The minimum atomic E-state index is 0.249. The zero-order valence-corrected chi connectivity index (χ0v) is 13.4. The Hall–Kier alpha value is -0.480. The van der Waals surface area contributed by atoms with Crippen molar-refractivity contribution in [1.82, 2.24) is 9.97 Å². The van der Waals surface area contributed by atoms with Crippen LogP contribution in [0.4, 0.5) is 0 Å². The monoisotopic (exact) mass is 332 g/mol. The van der Waals surface area contributed by atoms with E-state index in [9.17, 15) is 0 Å². The fraction of sp³-hybridized carbons (Fsp3) is 0.231. The maximum Gasteiger partial charge on any atom is 0.137 e. The van der Waals surface area contributed by atoms with Crippen LogP contribution >= 0.6 is 46.6 Å². The van der Waals surface area contributed by atoms with Crippen molar-refractivity contribution in [3.05, 3.63) is 45.3 Å². The van der Waals surface area contributed by atoms with Crippen LogP contribution in [0.25, 0.3) is 0 Å². The van der Waals surface area contributed by atoms with Gasteiger partial charge in [-0.3, -0.25) is 0 Å². The van der Waals surface area contributed by atoms with E-state index >= 15 is 0 Å². The molecule has 0 aliphatic rings. The fourth-order valence-electron chi connectivity index (χ4n) is 1.58. The van der Waals surface area contributed by atoms with Gasteiger partial charge in [-0.1, -0.05) is 60.4 Å². The quantitative estimate of drug-likeness (QED) is 0.673. The Kier molecular flexibility index (Phi) is 4.96. The molecule has 0 saturated heterocycles. The van der Waals surface area contributed by atoms with E-state index in [1.807, 2.05) is 12.1 Å². The fourth-order valence-corrected chi connectivity index (χ4v) is 3.43. The van der Waals surface area contributed by atoms with Gasteiger partial charge < -0.3 is 0 Å². The first-order valence-electron chi connectivity index (χ1n) is 5.62. The van der Waals surface area contributed by atoms with Crippen molar-refractivity contribution in [2.24, 2.45) is 0 Å². The van der Waals surface area contributed by atoms with E-state index in [1.165, 1.54) is 18.1 Å². The van der Waals surface area contributed by atoms with Crippen LogP contribution in [-0.2, 0) is 0 Å². The lowest BCUT2D eigenvalue weighted by molar-refractivity contribution is 0.803. The average molecular weight is 334 g/mol. The van der Waals surface area contributed by atoms with Crippen molar-refractivity contribution in [3.63, 3.8) is 0 Å². The summed E-state index contributed by atoms with van der Waals surface area (Å²) in [6.45, 7) is 4.12. The molecular weight excluding hydrogens is 323 g/mol. The number of benzene rings is 1. The molecule has 2 rings (SSSR count). The van der Waals surface area contributed by atoms with E-state index in [-0.39, 0.29) is 5.92 Å². The second kappa shape index (κ2) is 6.31. The highest BCUT2D eigenvalue weighted by molar-refractivity contribution is 7.99. The van der Waals surface area contributed by atoms with Gasteiger partial charge in [0, 0.05) is 10.5 Å². The molecule has 0 spiro atoms. The Labute approximate surface area is 131 Å². The van der Waals surface area contributed by atoms with Gasteiger partial charge >= 0.3 is 0 Å². The van der Waals surface area contributed by atoms with Crippen LogP contribution in [0.2, 0.25) is 15.2 Å². The highest BCUT2D eigenvalue weighted by Crippen LogP contribution is 2.37. The summed E-state index contributed by atoms with van der Waals surface area (Å²) in [6.07, 6.45) is 1.47. The summed E-state index contributed by atoms with van der Waals surface area (Å²) in [4.78, 5) is 9.29. The minimum absolute atomic E-state index is 0.249. The molecular formula is C13H11Cl3N2S. The Morgan fingerprint density at radius 2 is 1.79 bits per heavy atom. The Balaban J connectivity index is 2.38. The Morgan fingerprint density at radius 1 is 1.05 bits per heavy atom. The predicted octanol–water partition coefficient (Wildman–Crippen LogP) is 5.71. The smallest absolute Gasteiger partial charge is 0.137 e. The summed E-state index contributed by atoms with van der Waals surface area (Å²) in [5, 5.41) is 2.40. The van der Waals surface area contributed by atoms with Crippen molar-refractivity contribution in [2.75, 3.05) is 0 Å². The Bertz CT molecular complexity index is 602. The molecule has 0 atom stereocenters. The maximum absolute atomic E-state index is 6.14. The molecule has 1 aromatic heterocycles. The first kappa shape index (κ1) is 14.9. The molecule has 0 radical (unpaired) electrons. The van der Waals surface area contributed by atoms with Gasteiger partial charge in [0.05, 0.1) is 10.0 Å². The van der Waals surface area contributed by atoms with E-state index in [0.29, 0.717) is 15.2 Å². The lowest BCUT2D eigenvalue weighted by Crippen LogP contribution is -1.97. The van der Waals surface area contributed by atoms with Crippen molar-refractivity contribution in [3.8, 4) is 0 Å². The third kappa shape index (κ3) is 3.54. The van der Waals surface area contributed by atoms with Gasteiger partial charge in [-0.25, -0.2) is 9.97 Å². The second-order valence-corrected chi connectivity index (χ2v) is 6.45. The van der Waals surface area contributed by atoms with Gasteiger partial charge in [-0.2, -0.15) is 0 Å². The third-order valence-electron chi connectivity index (χ3n) is 2.48. The maximum atomic E-state index is 6.14. The van der Waals surface area contributed by atoms with Crippen molar-refractivity contribution >= 4 is 46.6 Å².